The summed E-state index contributed by atoms with van der Waals surface area (Å²) in [5.74, 6) is -0.176. The van der Waals surface area contributed by atoms with Gasteiger partial charge in [0.15, 0.2) is 0 Å². The van der Waals surface area contributed by atoms with Crippen molar-refractivity contribution in [1.29, 1.82) is 0 Å². The first-order valence-electron chi connectivity index (χ1n) is 9.01. The summed E-state index contributed by atoms with van der Waals surface area (Å²) in [6.45, 7) is 2.60. The van der Waals surface area contributed by atoms with E-state index in [2.05, 4.69) is 15.2 Å². The molecule has 1 N–H and O–H groups in total. The van der Waals surface area contributed by atoms with Crippen molar-refractivity contribution in [3.63, 3.8) is 0 Å². The Morgan fingerprint density at radius 1 is 1.21 bits per heavy atom. The summed E-state index contributed by atoms with van der Waals surface area (Å²) in [6, 6.07) is 2.36. The molecule has 1 unspecified atom stereocenters. The van der Waals surface area contributed by atoms with E-state index < -0.39 is 0 Å². The molecular formula is C18H24N4O2. The van der Waals surface area contributed by atoms with Crippen LogP contribution in [-0.4, -0.2) is 47.4 Å². The maximum Gasteiger partial charge on any atom is 0.229 e. The zero-order valence-corrected chi connectivity index (χ0v) is 13.9. The predicted molar refractivity (Wildman–Crippen MR) is 91.8 cm³/mol. The van der Waals surface area contributed by atoms with Crippen LogP contribution in [-0.2, 0) is 9.59 Å². The molecule has 24 heavy (non-hydrogen) atoms. The van der Waals surface area contributed by atoms with Crippen molar-refractivity contribution in [1.82, 2.24) is 9.88 Å². The van der Waals surface area contributed by atoms with Crippen LogP contribution >= 0.6 is 0 Å². The molecule has 2 saturated heterocycles. The highest BCUT2D eigenvalue weighted by atomic mass is 16.2. The van der Waals surface area contributed by atoms with Crippen molar-refractivity contribution >= 4 is 23.2 Å². The molecule has 0 aromatic carbocycles. The number of anilines is 2. The molecule has 3 heterocycles. The van der Waals surface area contributed by atoms with Crippen LogP contribution in [0.25, 0.3) is 0 Å². The summed E-state index contributed by atoms with van der Waals surface area (Å²) < 4.78 is 0. The number of aromatic nitrogens is 1. The lowest BCUT2D eigenvalue weighted by Crippen LogP contribution is -2.32. The topological polar surface area (TPSA) is 65.5 Å². The highest BCUT2D eigenvalue weighted by Gasteiger charge is 2.41. The molecule has 3 aliphatic rings. The van der Waals surface area contributed by atoms with Gasteiger partial charge in [-0.3, -0.25) is 14.6 Å². The lowest BCUT2D eigenvalue weighted by molar-refractivity contribution is -0.128. The van der Waals surface area contributed by atoms with E-state index in [1.165, 1.54) is 19.3 Å². The molecule has 6 nitrogen and oxygen atoms in total. The molecule has 1 saturated carbocycles. The van der Waals surface area contributed by atoms with Gasteiger partial charge in [0.1, 0.15) is 0 Å². The van der Waals surface area contributed by atoms with Gasteiger partial charge >= 0.3 is 0 Å². The average Bonchev–Trinajstić information content (AvgIpc) is 3.38. The third kappa shape index (κ3) is 3.09. The van der Waals surface area contributed by atoms with Gasteiger partial charge in [-0.2, -0.15) is 0 Å². The molecule has 128 valence electrons. The Balaban J connectivity index is 1.45. The minimum atomic E-state index is -0.243. The Morgan fingerprint density at radius 2 is 2.00 bits per heavy atom. The van der Waals surface area contributed by atoms with Crippen LogP contribution < -0.4 is 10.2 Å². The van der Waals surface area contributed by atoms with Gasteiger partial charge in [0.25, 0.3) is 0 Å². The molecule has 0 spiro atoms. The Morgan fingerprint density at radius 3 is 2.75 bits per heavy atom. The second-order valence-corrected chi connectivity index (χ2v) is 7.11. The quantitative estimate of drug-likeness (QED) is 0.918. The van der Waals surface area contributed by atoms with Crippen molar-refractivity contribution in [3.8, 4) is 0 Å². The first-order valence-corrected chi connectivity index (χ1v) is 9.01. The fraction of sp³-hybridized carbons (Fsp3) is 0.611. The molecule has 1 aromatic rings. The van der Waals surface area contributed by atoms with Gasteiger partial charge in [-0.05, 0) is 38.2 Å². The van der Waals surface area contributed by atoms with Crippen molar-refractivity contribution in [2.24, 2.45) is 5.92 Å². The Kier molecular flexibility index (Phi) is 4.12. The van der Waals surface area contributed by atoms with Gasteiger partial charge in [-0.1, -0.05) is 0 Å². The van der Waals surface area contributed by atoms with Crippen molar-refractivity contribution in [2.45, 2.75) is 44.6 Å². The van der Waals surface area contributed by atoms with Crippen LogP contribution in [0.1, 0.15) is 38.5 Å². The van der Waals surface area contributed by atoms with Crippen molar-refractivity contribution in [2.75, 3.05) is 29.9 Å². The number of nitrogens with one attached hydrogen (secondary N) is 1. The first kappa shape index (κ1) is 15.4. The Bertz CT molecular complexity index is 638. The Labute approximate surface area is 142 Å². The highest BCUT2D eigenvalue weighted by molar-refractivity contribution is 5.99. The zero-order chi connectivity index (χ0) is 16.5. The number of pyridine rings is 1. The van der Waals surface area contributed by atoms with Crippen molar-refractivity contribution < 1.29 is 9.59 Å². The van der Waals surface area contributed by atoms with Crippen LogP contribution in [0, 0.1) is 5.92 Å². The largest absolute Gasteiger partial charge is 0.370 e. The van der Waals surface area contributed by atoms with E-state index in [1.54, 1.807) is 12.4 Å². The number of carbonyl (C=O) groups excluding carboxylic acids is 2. The molecule has 0 radical (unpaired) electrons. The standard InChI is InChI=1S/C18H24N4O2/c23-17-10-13(12-22(17)14-4-5-14)18(24)20-15-11-19-7-6-16(15)21-8-2-1-3-9-21/h6-7,11,13-14H,1-5,8-10,12H2,(H,20,24). The fourth-order valence-electron chi connectivity index (χ4n) is 3.78. The molecule has 1 aliphatic carbocycles. The Hall–Kier alpha value is -2.11. The van der Waals surface area contributed by atoms with Gasteiger partial charge in [0.2, 0.25) is 11.8 Å². The maximum atomic E-state index is 12.6. The summed E-state index contributed by atoms with van der Waals surface area (Å²) >= 11 is 0. The second-order valence-electron chi connectivity index (χ2n) is 7.11. The zero-order valence-electron chi connectivity index (χ0n) is 13.9. The third-order valence-electron chi connectivity index (χ3n) is 5.27. The average molecular weight is 328 g/mol. The van der Waals surface area contributed by atoms with Gasteiger partial charge in [0, 0.05) is 38.3 Å². The van der Waals surface area contributed by atoms with E-state index in [0.29, 0.717) is 19.0 Å². The molecule has 2 amide bonds. The fourth-order valence-corrected chi connectivity index (χ4v) is 3.78. The summed E-state index contributed by atoms with van der Waals surface area (Å²) in [5.41, 5.74) is 1.81. The first-order chi connectivity index (χ1) is 11.7. The van der Waals surface area contributed by atoms with E-state index in [-0.39, 0.29) is 17.7 Å². The molecule has 0 bridgehead atoms. The maximum absolute atomic E-state index is 12.6. The van der Waals surface area contributed by atoms with Gasteiger partial charge in [-0.15, -0.1) is 0 Å². The minimum Gasteiger partial charge on any atom is -0.370 e. The molecule has 4 rings (SSSR count). The molecular weight excluding hydrogens is 304 g/mol. The molecule has 6 heteroatoms. The molecule has 1 atom stereocenters. The number of carbonyl (C=O) groups is 2. The number of hydrogen-bond donors (Lipinski definition) is 1. The van der Waals surface area contributed by atoms with E-state index >= 15 is 0 Å². The molecule has 3 fully saturated rings. The number of nitrogens with zero attached hydrogens (tertiary/aromatic N) is 3. The van der Waals surface area contributed by atoms with Crippen LogP contribution in [0.15, 0.2) is 18.5 Å². The SMILES string of the molecule is O=C(Nc1cnccc1N1CCCCC1)C1CC(=O)N(C2CC2)C1. The van der Waals surface area contributed by atoms with Crippen LogP contribution in [0.5, 0.6) is 0 Å². The van der Waals surface area contributed by atoms with Crippen LogP contribution in [0.3, 0.4) is 0 Å². The summed E-state index contributed by atoms with van der Waals surface area (Å²) in [5, 5.41) is 3.03. The number of piperidine rings is 1. The smallest absolute Gasteiger partial charge is 0.229 e. The predicted octanol–water partition coefficient (Wildman–Crippen LogP) is 2.02. The number of likely N-dealkylation sites (tertiary alicyclic amines) is 1. The number of hydrogen-bond acceptors (Lipinski definition) is 4. The van der Waals surface area contributed by atoms with E-state index in [1.807, 2.05) is 11.0 Å². The van der Waals surface area contributed by atoms with E-state index in [0.717, 1.165) is 37.3 Å². The summed E-state index contributed by atoms with van der Waals surface area (Å²) in [6.07, 6.45) is 9.63. The monoisotopic (exact) mass is 328 g/mol. The summed E-state index contributed by atoms with van der Waals surface area (Å²) in [4.78, 5) is 33.1. The molecule has 2 aliphatic heterocycles. The van der Waals surface area contributed by atoms with Crippen molar-refractivity contribution in [3.05, 3.63) is 18.5 Å². The highest BCUT2D eigenvalue weighted by Crippen LogP contribution is 2.33. The second kappa shape index (κ2) is 6.42. The number of rotatable bonds is 4. The van der Waals surface area contributed by atoms with Crippen LogP contribution in [0.4, 0.5) is 11.4 Å². The molecule has 1 aromatic heterocycles. The summed E-state index contributed by atoms with van der Waals surface area (Å²) in [7, 11) is 0. The van der Waals surface area contributed by atoms with E-state index in [9.17, 15) is 9.59 Å². The lowest BCUT2D eigenvalue weighted by Gasteiger charge is -2.30. The third-order valence-corrected chi connectivity index (χ3v) is 5.27. The van der Waals surface area contributed by atoms with Gasteiger partial charge in [0.05, 0.1) is 23.5 Å². The van der Waals surface area contributed by atoms with Gasteiger partial charge < -0.3 is 15.1 Å². The lowest BCUT2D eigenvalue weighted by atomic mass is 10.1. The minimum absolute atomic E-state index is 0.0576. The van der Waals surface area contributed by atoms with E-state index in [4.69, 9.17) is 0 Å². The van der Waals surface area contributed by atoms with Crippen LogP contribution in [0.2, 0.25) is 0 Å². The number of amides is 2. The van der Waals surface area contributed by atoms with Gasteiger partial charge in [-0.25, -0.2) is 0 Å². The normalized spacial score (nSPS) is 24.3.